The Morgan fingerprint density at radius 3 is 2.46 bits per heavy atom. The number of carboxylic acid groups (broad SMARTS) is 1. The minimum Gasteiger partial charge on any atom is -0.481 e. The maximum atomic E-state index is 13.8. The molecule has 4 aromatic rings. The molecular weight excluding hydrogens is 582 g/mol. The van der Waals surface area contributed by atoms with Crippen LogP contribution in [-0.4, -0.2) is 28.2 Å². The highest BCUT2D eigenvalue weighted by atomic mass is 79.9. The van der Waals surface area contributed by atoms with Gasteiger partial charge in [-0.05, 0) is 64.3 Å². The third-order valence-electron chi connectivity index (χ3n) is 6.02. The average molecular weight is 604 g/mol. The van der Waals surface area contributed by atoms with Gasteiger partial charge in [0, 0.05) is 5.69 Å². The molecule has 0 unspecified atom stereocenters. The van der Waals surface area contributed by atoms with Gasteiger partial charge in [0.2, 0.25) is 0 Å². The van der Waals surface area contributed by atoms with Gasteiger partial charge in [0.05, 0.1) is 26.3 Å². The summed E-state index contributed by atoms with van der Waals surface area (Å²) in [4.78, 5) is 43.3. The van der Waals surface area contributed by atoms with Gasteiger partial charge in [-0.1, -0.05) is 65.9 Å². The summed E-state index contributed by atoms with van der Waals surface area (Å²) in [6.07, 6.45) is 1.74. The van der Waals surface area contributed by atoms with Gasteiger partial charge in [0.15, 0.2) is 11.4 Å². The van der Waals surface area contributed by atoms with Crippen molar-refractivity contribution < 1.29 is 19.4 Å². The maximum absolute atomic E-state index is 13.8. The molecule has 1 aliphatic rings. The number of aliphatic carboxylic acids is 1. The van der Waals surface area contributed by atoms with E-state index in [4.69, 9.17) is 9.84 Å². The van der Waals surface area contributed by atoms with Crippen molar-refractivity contribution in [2.24, 2.45) is 4.99 Å². The fourth-order valence-corrected chi connectivity index (χ4v) is 5.85. The number of nitrogens with one attached hydrogen (secondary N) is 1. The summed E-state index contributed by atoms with van der Waals surface area (Å²) < 4.78 is 7.83. The number of anilines is 1. The van der Waals surface area contributed by atoms with E-state index in [0.717, 1.165) is 5.56 Å². The third-order valence-corrected chi connectivity index (χ3v) is 7.62. The topological polar surface area (TPSA) is 110 Å². The van der Waals surface area contributed by atoms with Crippen LogP contribution in [0.2, 0.25) is 0 Å². The third kappa shape index (κ3) is 5.62. The number of benzene rings is 3. The predicted molar refractivity (Wildman–Crippen MR) is 153 cm³/mol. The Bertz CT molecular complexity index is 1780. The van der Waals surface area contributed by atoms with E-state index in [0.29, 0.717) is 42.1 Å². The molecule has 2 heterocycles. The molecule has 0 bridgehead atoms. The lowest BCUT2D eigenvalue weighted by Gasteiger charge is -2.25. The van der Waals surface area contributed by atoms with Gasteiger partial charge in [0.1, 0.15) is 5.75 Å². The van der Waals surface area contributed by atoms with Crippen LogP contribution in [0.15, 0.2) is 104 Å². The second-order valence-corrected chi connectivity index (χ2v) is 10.5. The lowest BCUT2D eigenvalue weighted by atomic mass is 9.95. The summed E-state index contributed by atoms with van der Waals surface area (Å²) >= 11 is 4.64. The summed E-state index contributed by atoms with van der Waals surface area (Å²) in [5.41, 5.74) is 2.81. The molecular formula is C29H22BrN3O5S. The molecule has 1 atom stereocenters. The number of thiazole rings is 1. The first-order valence-corrected chi connectivity index (χ1v) is 13.5. The number of nitrogens with zero attached hydrogens (tertiary/aromatic N) is 2. The Labute approximate surface area is 235 Å². The average Bonchev–Trinajstić information content (AvgIpc) is 3.22. The number of hydrogen-bond acceptors (Lipinski definition) is 6. The molecule has 196 valence electrons. The van der Waals surface area contributed by atoms with Gasteiger partial charge in [0.25, 0.3) is 11.5 Å². The number of allylic oxidation sites excluding steroid dienone is 1. The molecule has 0 aliphatic carbocycles. The number of carbonyl (C=O) groups is 2. The lowest BCUT2D eigenvalue weighted by molar-refractivity contribution is -0.139. The molecule has 8 nitrogen and oxygen atoms in total. The van der Waals surface area contributed by atoms with Crippen molar-refractivity contribution in [1.29, 1.82) is 0 Å². The van der Waals surface area contributed by atoms with Gasteiger partial charge in [-0.2, -0.15) is 0 Å². The number of fused-ring (bicyclic) bond motifs is 1. The van der Waals surface area contributed by atoms with Crippen LogP contribution >= 0.6 is 27.3 Å². The number of para-hydroxylation sites is 1. The van der Waals surface area contributed by atoms with E-state index >= 15 is 0 Å². The van der Waals surface area contributed by atoms with Crippen LogP contribution in [0.5, 0.6) is 5.75 Å². The smallest absolute Gasteiger partial charge is 0.341 e. The van der Waals surface area contributed by atoms with E-state index in [1.807, 2.05) is 48.5 Å². The molecule has 1 amide bonds. The molecule has 39 heavy (non-hydrogen) atoms. The second-order valence-electron chi connectivity index (χ2n) is 8.68. The van der Waals surface area contributed by atoms with E-state index < -0.39 is 18.6 Å². The quantitative estimate of drug-likeness (QED) is 0.330. The molecule has 0 saturated carbocycles. The van der Waals surface area contributed by atoms with Crippen molar-refractivity contribution in [3.8, 4) is 5.75 Å². The van der Waals surface area contributed by atoms with Crippen LogP contribution in [0, 0.1) is 0 Å². The number of hydrogen-bond donors (Lipinski definition) is 2. The number of carbonyl (C=O) groups excluding carboxylic acids is 1. The van der Waals surface area contributed by atoms with Gasteiger partial charge in [-0.15, -0.1) is 0 Å². The second kappa shape index (κ2) is 11.2. The van der Waals surface area contributed by atoms with E-state index in [2.05, 4.69) is 26.2 Å². The SMILES string of the molecule is CC1=C(C(=O)Nc2ccccc2)[C@@H](c2ccccc2)n2c(s/c(=C/c3ccc(OCC(=O)O)c(Br)c3)c2=O)=N1. The molecule has 3 aromatic carbocycles. The minimum atomic E-state index is -1.08. The summed E-state index contributed by atoms with van der Waals surface area (Å²) in [6, 6.07) is 23.0. The first-order chi connectivity index (χ1) is 18.8. The van der Waals surface area contributed by atoms with Gasteiger partial charge >= 0.3 is 5.97 Å². The van der Waals surface area contributed by atoms with E-state index in [1.165, 1.54) is 11.3 Å². The Hall–Kier alpha value is -4.28. The van der Waals surface area contributed by atoms with Gasteiger partial charge < -0.3 is 15.2 Å². The number of ether oxygens (including phenoxy) is 1. The zero-order valence-corrected chi connectivity index (χ0v) is 23.0. The minimum absolute atomic E-state index is 0.271. The van der Waals surface area contributed by atoms with Crippen LogP contribution in [0.1, 0.15) is 24.1 Å². The number of rotatable bonds is 7. The van der Waals surface area contributed by atoms with Crippen molar-refractivity contribution >= 4 is 50.9 Å². The lowest BCUT2D eigenvalue weighted by Crippen LogP contribution is -2.40. The molecule has 0 saturated heterocycles. The van der Waals surface area contributed by atoms with Crippen molar-refractivity contribution in [3.63, 3.8) is 0 Å². The molecule has 2 N–H and O–H groups in total. The van der Waals surface area contributed by atoms with E-state index in [-0.39, 0.29) is 11.5 Å². The molecule has 10 heteroatoms. The summed E-state index contributed by atoms with van der Waals surface area (Å²) in [5.74, 6) is -1.02. The monoisotopic (exact) mass is 603 g/mol. The summed E-state index contributed by atoms with van der Waals surface area (Å²) in [6.45, 7) is 1.31. The first kappa shape index (κ1) is 26.3. The Kier molecular flexibility index (Phi) is 7.58. The van der Waals surface area contributed by atoms with Crippen molar-refractivity contribution in [2.75, 3.05) is 11.9 Å². The summed E-state index contributed by atoms with van der Waals surface area (Å²) in [5, 5.41) is 11.8. The fourth-order valence-electron chi connectivity index (χ4n) is 4.30. The zero-order chi connectivity index (χ0) is 27.5. The molecule has 5 rings (SSSR count). The molecule has 1 aromatic heterocycles. The zero-order valence-electron chi connectivity index (χ0n) is 20.6. The predicted octanol–water partition coefficient (Wildman–Crippen LogP) is 4.10. The van der Waals surface area contributed by atoms with E-state index in [9.17, 15) is 14.4 Å². The number of amides is 1. The largest absolute Gasteiger partial charge is 0.481 e. The Morgan fingerprint density at radius 2 is 1.79 bits per heavy atom. The van der Waals surface area contributed by atoms with Crippen LogP contribution in [-0.2, 0) is 9.59 Å². The normalized spacial score (nSPS) is 14.9. The molecule has 1 aliphatic heterocycles. The fraction of sp³-hybridized carbons (Fsp3) is 0.103. The highest BCUT2D eigenvalue weighted by molar-refractivity contribution is 9.10. The van der Waals surface area contributed by atoms with Crippen LogP contribution in [0.25, 0.3) is 6.08 Å². The van der Waals surface area contributed by atoms with Gasteiger partial charge in [-0.25, -0.2) is 9.79 Å². The standard InChI is InChI=1S/C29H22BrN3O5S/c1-17-25(27(36)32-20-10-6-3-7-11-20)26(19-8-4-2-5-9-19)33-28(37)23(39-29(33)31-17)15-18-12-13-22(21(30)14-18)38-16-24(34)35/h2-15,26H,16H2,1H3,(H,32,36)(H,34,35)/b23-15+/t26-/m1/s1. The maximum Gasteiger partial charge on any atom is 0.341 e. The number of aromatic nitrogens is 1. The van der Waals surface area contributed by atoms with Crippen molar-refractivity contribution in [1.82, 2.24) is 4.57 Å². The van der Waals surface area contributed by atoms with Crippen LogP contribution < -0.4 is 24.9 Å². The Balaban J connectivity index is 1.58. The van der Waals surface area contributed by atoms with Crippen LogP contribution in [0.4, 0.5) is 5.69 Å². The van der Waals surface area contributed by atoms with Gasteiger partial charge in [-0.3, -0.25) is 14.2 Å². The van der Waals surface area contributed by atoms with Crippen LogP contribution in [0.3, 0.4) is 0 Å². The summed E-state index contributed by atoms with van der Waals surface area (Å²) in [7, 11) is 0. The Morgan fingerprint density at radius 1 is 1.10 bits per heavy atom. The molecule has 0 fully saturated rings. The number of halogens is 1. The molecule has 0 radical (unpaired) electrons. The van der Waals surface area contributed by atoms with Crippen molar-refractivity contribution in [3.05, 3.63) is 125 Å². The first-order valence-electron chi connectivity index (χ1n) is 11.9. The highest BCUT2D eigenvalue weighted by Crippen LogP contribution is 2.31. The van der Waals surface area contributed by atoms with E-state index in [1.54, 1.807) is 47.9 Å². The number of carboxylic acids is 1. The highest BCUT2D eigenvalue weighted by Gasteiger charge is 2.32. The van der Waals surface area contributed by atoms with Crippen molar-refractivity contribution in [2.45, 2.75) is 13.0 Å². The molecule has 0 spiro atoms.